The lowest BCUT2D eigenvalue weighted by Crippen LogP contribution is -1.89. The van der Waals surface area contributed by atoms with Crippen LogP contribution in [0.4, 0.5) is 0 Å². The predicted molar refractivity (Wildman–Crippen MR) is 61.1 cm³/mol. The average Bonchev–Trinajstić information content (AvgIpc) is 2.38. The molecule has 1 aromatic heterocycles. The third kappa shape index (κ3) is 2.76. The van der Waals surface area contributed by atoms with Crippen molar-refractivity contribution in [2.45, 2.75) is 19.8 Å². The van der Waals surface area contributed by atoms with Gasteiger partial charge >= 0.3 is 0 Å². The van der Waals surface area contributed by atoms with Crippen LogP contribution in [0, 0.1) is 6.92 Å². The van der Waals surface area contributed by atoms with Crippen molar-refractivity contribution in [1.82, 2.24) is 9.78 Å². The molecular weight excluding hydrogens is 219 g/mol. The van der Waals surface area contributed by atoms with Gasteiger partial charge in [0.2, 0.25) is 0 Å². The molecule has 2 nitrogen and oxygen atoms in total. The lowest BCUT2D eigenvalue weighted by molar-refractivity contribution is 0.757. The number of halogens is 2. The molecule has 0 bridgehead atoms. The summed E-state index contributed by atoms with van der Waals surface area (Å²) in [6.07, 6.45) is 5.88. The van der Waals surface area contributed by atoms with E-state index in [0.717, 1.165) is 29.3 Å². The minimum absolute atomic E-state index is 0.663. The molecule has 0 radical (unpaired) electrons. The number of aromatic nitrogens is 2. The number of alkyl halides is 1. The molecule has 0 spiro atoms. The third-order valence-electron chi connectivity index (χ3n) is 2.03. The van der Waals surface area contributed by atoms with Crippen LogP contribution in [0.5, 0.6) is 0 Å². The van der Waals surface area contributed by atoms with Crippen molar-refractivity contribution in [2.24, 2.45) is 7.05 Å². The molecule has 0 amide bonds. The fourth-order valence-corrected chi connectivity index (χ4v) is 1.67. The Hall–Kier alpha value is -0.470. The summed E-state index contributed by atoms with van der Waals surface area (Å²) >= 11 is 11.6. The number of allylic oxidation sites excluding steroid dienone is 2. The van der Waals surface area contributed by atoms with Gasteiger partial charge in [-0.05, 0) is 19.8 Å². The molecule has 0 N–H and O–H groups in total. The summed E-state index contributed by atoms with van der Waals surface area (Å²) in [5.41, 5.74) is 2.09. The largest absolute Gasteiger partial charge is 0.257 e. The van der Waals surface area contributed by atoms with E-state index in [2.05, 4.69) is 17.3 Å². The molecule has 0 aliphatic carbocycles. The zero-order valence-electron chi connectivity index (χ0n) is 8.43. The van der Waals surface area contributed by atoms with Crippen molar-refractivity contribution < 1.29 is 0 Å². The van der Waals surface area contributed by atoms with Crippen molar-refractivity contribution >= 4 is 23.2 Å². The highest BCUT2D eigenvalue weighted by molar-refractivity contribution is 6.30. The molecule has 4 heteroatoms. The quantitative estimate of drug-likeness (QED) is 0.577. The number of nitrogens with zero attached hydrogens (tertiary/aromatic N) is 2. The Morgan fingerprint density at radius 3 is 2.64 bits per heavy atom. The van der Waals surface area contributed by atoms with Crippen molar-refractivity contribution in [3.05, 3.63) is 28.6 Å². The van der Waals surface area contributed by atoms with Crippen LogP contribution in [0.15, 0.2) is 12.2 Å². The normalized spacial score (nSPS) is 11.4. The summed E-state index contributed by atoms with van der Waals surface area (Å²) in [6, 6.07) is 0. The van der Waals surface area contributed by atoms with Crippen LogP contribution in [-0.2, 0) is 13.5 Å². The fourth-order valence-electron chi connectivity index (χ4n) is 1.29. The fraction of sp³-hybridized carbons (Fsp3) is 0.500. The number of hydrogen-bond donors (Lipinski definition) is 0. The predicted octanol–water partition coefficient (Wildman–Crippen LogP) is 3.11. The lowest BCUT2D eigenvalue weighted by Gasteiger charge is -1.94. The van der Waals surface area contributed by atoms with Crippen molar-refractivity contribution in [1.29, 1.82) is 0 Å². The van der Waals surface area contributed by atoms with Crippen LogP contribution >= 0.6 is 23.2 Å². The monoisotopic (exact) mass is 232 g/mol. The molecule has 0 aliphatic rings. The minimum Gasteiger partial charge on any atom is -0.257 e. The van der Waals surface area contributed by atoms with Crippen molar-refractivity contribution in [2.75, 3.05) is 5.88 Å². The van der Waals surface area contributed by atoms with Gasteiger partial charge in [0, 0.05) is 18.5 Å². The van der Waals surface area contributed by atoms with Gasteiger partial charge in [-0.3, -0.25) is 4.68 Å². The molecule has 78 valence electrons. The van der Waals surface area contributed by atoms with Gasteiger partial charge in [0.1, 0.15) is 5.15 Å². The van der Waals surface area contributed by atoms with Crippen LogP contribution in [0.25, 0.3) is 0 Å². The van der Waals surface area contributed by atoms with Gasteiger partial charge in [-0.2, -0.15) is 5.10 Å². The molecule has 14 heavy (non-hydrogen) atoms. The average molecular weight is 233 g/mol. The Bertz CT molecular complexity index is 329. The van der Waals surface area contributed by atoms with E-state index in [-0.39, 0.29) is 0 Å². The van der Waals surface area contributed by atoms with Crippen LogP contribution in [-0.4, -0.2) is 15.7 Å². The Morgan fingerprint density at radius 1 is 1.43 bits per heavy atom. The topological polar surface area (TPSA) is 17.8 Å². The zero-order chi connectivity index (χ0) is 10.6. The molecule has 0 aromatic carbocycles. The second-order valence-corrected chi connectivity index (χ2v) is 3.87. The Labute approximate surface area is 94.5 Å². The number of hydrogen-bond acceptors (Lipinski definition) is 1. The molecule has 1 rings (SSSR count). The van der Waals surface area contributed by atoms with Crippen molar-refractivity contribution in [3.63, 3.8) is 0 Å². The number of aryl methyl sites for hydroxylation is 2. The third-order valence-corrected chi connectivity index (χ3v) is 2.73. The SMILES string of the molecule is Cc1nn(C)c(Cl)c1C/C=C/CCCl. The maximum absolute atomic E-state index is 6.07. The Kier molecular flexibility index (Phi) is 4.49. The molecule has 0 aliphatic heterocycles. The van der Waals surface area contributed by atoms with E-state index in [1.807, 2.05) is 14.0 Å². The van der Waals surface area contributed by atoms with E-state index >= 15 is 0 Å². The Morgan fingerprint density at radius 2 is 2.14 bits per heavy atom. The molecule has 0 saturated heterocycles. The maximum Gasteiger partial charge on any atom is 0.130 e. The van der Waals surface area contributed by atoms with Crippen LogP contribution in [0.3, 0.4) is 0 Å². The molecule has 0 unspecified atom stereocenters. The summed E-state index contributed by atoms with van der Waals surface area (Å²) in [4.78, 5) is 0. The minimum atomic E-state index is 0.663. The van der Waals surface area contributed by atoms with Gasteiger partial charge in [0.25, 0.3) is 0 Å². The van der Waals surface area contributed by atoms with E-state index in [4.69, 9.17) is 23.2 Å². The highest BCUT2D eigenvalue weighted by atomic mass is 35.5. The summed E-state index contributed by atoms with van der Waals surface area (Å²) in [5, 5.41) is 4.95. The Balaban J connectivity index is 2.67. The van der Waals surface area contributed by atoms with Gasteiger partial charge < -0.3 is 0 Å². The van der Waals surface area contributed by atoms with E-state index in [0.29, 0.717) is 5.88 Å². The van der Waals surface area contributed by atoms with Crippen LogP contribution in [0.2, 0.25) is 5.15 Å². The molecule has 0 saturated carbocycles. The zero-order valence-corrected chi connectivity index (χ0v) is 9.94. The first-order valence-corrected chi connectivity index (χ1v) is 5.47. The number of rotatable bonds is 4. The van der Waals surface area contributed by atoms with Gasteiger partial charge in [0.15, 0.2) is 0 Å². The first-order valence-electron chi connectivity index (χ1n) is 4.55. The van der Waals surface area contributed by atoms with Crippen LogP contribution in [0.1, 0.15) is 17.7 Å². The molecule has 1 aromatic rings. The molecule has 0 atom stereocenters. The molecule has 1 heterocycles. The van der Waals surface area contributed by atoms with E-state index in [1.54, 1.807) is 4.68 Å². The second kappa shape index (κ2) is 5.42. The van der Waals surface area contributed by atoms with E-state index in [9.17, 15) is 0 Å². The van der Waals surface area contributed by atoms with Gasteiger partial charge in [-0.25, -0.2) is 0 Å². The smallest absolute Gasteiger partial charge is 0.130 e. The highest BCUT2D eigenvalue weighted by Gasteiger charge is 2.08. The summed E-state index contributed by atoms with van der Waals surface area (Å²) in [7, 11) is 1.85. The van der Waals surface area contributed by atoms with E-state index < -0.39 is 0 Å². The van der Waals surface area contributed by atoms with Crippen molar-refractivity contribution in [3.8, 4) is 0 Å². The summed E-state index contributed by atoms with van der Waals surface area (Å²) < 4.78 is 1.70. The summed E-state index contributed by atoms with van der Waals surface area (Å²) in [6.45, 7) is 1.97. The van der Waals surface area contributed by atoms with Gasteiger partial charge in [-0.1, -0.05) is 23.8 Å². The lowest BCUT2D eigenvalue weighted by atomic mass is 10.2. The highest BCUT2D eigenvalue weighted by Crippen LogP contribution is 2.19. The van der Waals surface area contributed by atoms with E-state index in [1.165, 1.54) is 0 Å². The van der Waals surface area contributed by atoms with Crippen LogP contribution < -0.4 is 0 Å². The standard InChI is InChI=1S/C10H14Cl2N2/c1-8-9(6-4-3-5-7-11)10(12)14(2)13-8/h3-4H,5-7H2,1-2H3/b4-3+. The maximum atomic E-state index is 6.07. The van der Waals surface area contributed by atoms with Gasteiger partial charge in [0.05, 0.1) is 5.69 Å². The second-order valence-electron chi connectivity index (χ2n) is 3.13. The first kappa shape index (κ1) is 11.6. The first-order chi connectivity index (χ1) is 6.66. The van der Waals surface area contributed by atoms with Gasteiger partial charge in [-0.15, -0.1) is 11.6 Å². The molecular formula is C10H14Cl2N2. The molecule has 0 fully saturated rings. The summed E-state index contributed by atoms with van der Waals surface area (Å²) in [5.74, 6) is 0.663.